The Labute approximate surface area is 237 Å². The van der Waals surface area contributed by atoms with Gasteiger partial charge in [-0.15, -0.1) is 0 Å². The molecule has 0 aromatic carbocycles. The molecule has 0 aliphatic carbocycles. The van der Waals surface area contributed by atoms with Crippen molar-refractivity contribution in [3.05, 3.63) is 0 Å². The van der Waals surface area contributed by atoms with Crippen molar-refractivity contribution in [2.24, 2.45) is 11.7 Å². The summed E-state index contributed by atoms with van der Waals surface area (Å²) < 4.78 is 46.7. The van der Waals surface area contributed by atoms with Crippen molar-refractivity contribution in [2.45, 2.75) is 103 Å². The number of hydrogen-bond donors (Lipinski definition) is 5. The van der Waals surface area contributed by atoms with Crippen LogP contribution in [-0.4, -0.2) is 97.5 Å². The van der Waals surface area contributed by atoms with Crippen molar-refractivity contribution in [3.8, 4) is 0 Å². The molecule has 0 spiro atoms. The van der Waals surface area contributed by atoms with E-state index in [0.29, 0.717) is 12.7 Å². The Kier molecular flexibility index (Phi) is 10.7. The predicted molar refractivity (Wildman–Crippen MR) is 149 cm³/mol. The molecule has 6 N–H and O–H groups in total. The molecule has 2 heterocycles. The molecule has 0 aromatic heterocycles. The highest BCUT2D eigenvalue weighted by Crippen LogP contribution is 2.39. The first-order valence-electron chi connectivity index (χ1n) is 13.5. The number of rotatable bonds is 12. The lowest BCUT2D eigenvalue weighted by atomic mass is 9.77. The molecule has 3 atom stereocenters. The van der Waals surface area contributed by atoms with Gasteiger partial charge in [0.2, 0.25) is 5.91 Å². The highest BCUT2D eigenvalue weighted by molar-refractivity contribution is 7.87. The number of hydrogen-bond acceptors (Lipinski definition) is 9. The van der Waals surface area contributed by atoms with Crippen LogP contribution in [0.15, 0.2) is 0 Å². The van der Waals surface area contributed by atoms with E-state index in [2.05, 4.69) is 15.4 Å². The zero-order valence-corrected chi connectivity index (χ0v) is 25.6. The van der Waals surface area contributed by atoms with Gasteiger partial charge in [0.1, 0.15) is 5.60 Å². The van der Waals surface area contributed by atoms with E-state index in [1.165, 1.54) is 6.92 Å². The second-order valence-corrected chi connectivity index (χ2v) is 14.2. The van der Waals surface area contributed by atoms with Gasteiger partial charge < -0.3 is 35.5 Å². The van der Waals surface area contributed by atoms with Crippen molar-refractivity contribution in [1.29, 1.82) is 0 Å². The second kappa shape index (κ2) is 12.5. The van der Waals surface area contributed by atoms with E-state index in [-0.39, 0.29) is 26.1 Å². The Morgan fingerprint density at radius 1 is 1.15 bits per heavy atom. The topological polar surface area (TPSA) is 199 Å². The summed E-state index contributed by atoms with van der Waals surface area (Å²) in [6, 6.07) is -0.996. The van der Waals surface area contributed by atoms with Gasteiger partial charge in [0.25, 0.3) is 10.2 Å². The molecule has 2 amide bonds. The quantitative estimate of drug-likeness (QED) is 0.157. The van der Waals surface area contributed by atoms with E-state index < -0.39 is 76.1 Å². The molecule has 0 saturated carbocycles. The number of alkyl carbamates (subject to hydrolysis) is 1. The average Bonchev–Trinajstić information content (AvgIpc) is 3.24. The monoisotopic (exact) mass is 591 g/mol. The van der Waals surface area contributed by atoms with Crippen LogP contribution in [0.2, 0.25) is 6.32 Å². The largest absolute Gasteiger partial charge is 0.479 e. The van der Waals surface area contributed by atoms with E-state index >= 15 is 0 Å². The molecule has 0 aromatic rings. The van der Waals surface area contributed by atoms with Crippen LogP contribution in [-0.2, 0) is 33.8 Å². The number of ether oxygens (including phenoxy) is 1. The number of nitrogens with zero attached hydrogens (tertiary/aromatic N) is 1. The maximum Gasteiger partial charge on any atom is 0.457 e. The molecule has 0 radical (unpaired) electrons. The van der Waals surface area contributed by atoms with Crippen LogP contribution in [0.5, 0.6) is 0 Å². The molecule has 0 unspecified atom stereocenters. The van der Waals surface area contributed by atoms with E-state index in [4.69, 9.17) is 19.8 Å². The summed E-state index contributed by atoms with van der Waals surface area (Å²) in [5.74, 6) is -2.81. The number of carboxylic acids is 1. The minimum absolute atomic E-state index is 0.0506. The predicted octanol–water partition coefficient (Wildman–Crippen LogP) is 0.437. The molecule has 230 valence electrons. The molecule has 2 saturated heterocycles. The minimum atomic E-state index is -4.16. The van der Waals surface area contributed by atoms with Gasteiger partial charge >= 0.3 is 19.2 Å². The number of carbonyl (C=O) groups is 3. The summed E-state index contributed by atoms with van der Waals surface area (Å²) in [5, 5.41) is 15.2. The van der Waals surface area contributed by atoms with Crippen molar-refractivity contribution in [2.75, 3.05) is 26.2 Å². The Hall–Kier alpha value is -1.98. The first kappa shape index (κ1) is 34.2. The lowest BCUT2D eigenvalue weighted by Gasteiger charge is -2.32. The van der Waals surface area contributed by atoms with Crippen LogP contribution in [0.3, 0.4) is 0 Å². The zero-order chi connectivity index (χ0) is 30.7. The van der Waals surface area contributed by atoms with Gasteiger partial charge in [0, 0.05) is 32.1 Å². The fourth-order valence-corrected chi connectivity index (χ4v) is 5.82. The SMILES string of the molecule is C[C@H](N)C(=O)N[C@@]1(C(=O)O)CN(S(=O)(=O)NCCNC(=O)OC(C)(C)C)C[C@@H]1CCCB1OC(C)(C)C(C)(C)O1. The normalized spacial score (nSPS) is 25.4. The van der Waals surface area contributed by atoms with Crippen LogP contribution < -0.4 is 21.1 Å². The third-order valence-corrected chi connectivity index (χ3v) is 8.93. The summed E-state index contributed by atoms with van der Waals surface area (Å²) in [6.45, 7) is 13.4. The second-order valence-electron chi connectivity index (χ2n) is 12.5. The van der Waals surface area contributed by atoms with Gasteiger partial charge in [-0.25, -0.2) is 14.3 Å². The fourth-order valence-electron chi connectivity index (χ4n) is 4.53. The van der Waals surface area contributed by atoms with Gasteiger partial charge in [-0.2, -0.15) is 12.7 Å². The number of carbonyl (C=O) groups excluding carboxylic acids is 2. The molecule has 14 nitrogen and oxygen atoms in total. The molecule has 0 bridgehead atoms. The van der Waals surface area contributed by atoms with Crippen molar-refractivity contribution in [3.63, 3.8) is 0 Å². The van der Waals surface area contributed by atoms with Crippen molar-refractivity contribution < 1.29 is 42.0 Å². The zero-order valence-electron chi connectivity index (χ0n) is 24.8. The summed E-state index contributed by atoms with van der Waals surface area (Å²) >= 11 is 0. The van der Waals surface area contributed by atoms with Crippen LogP contribution in [0, 0.1) is 5.92 Å². The number of nitrogens with one attached hydrogen (secondary N) is 3. The highest BCUT2D eigenvalue weighted by Gasteiger charge is 2.56. The van der Waals surface area contributed by atoms with E-state index in [0.717, 1.165) is 4.31 Å². The van der Waals surface area contributed by atoms with Gasteiger partial charge in [-0.1, -0.05) is 6.42 Å². The molecular weight excluding hydrogens is 545 g/mol. The lowest BCUT2D eigenvalue weighted by Crippen LogP contribution is -2.62. The first-order valence-corrected chi connectivity index (χ1v) is 14.9. The summed E-state index contributed by atoms with van der Waals surface area (Å²) in [4.78, 5) is 36.9. The summed E-state index contributed by atoms with van der Waals surface area (Å²) in [5.41, 5.74) is 2.06. The Morgan fingerprint density at radius 2 is 1.73 bits per heavy atom. The number of aliphatic carboxylic acids is 1. The molecule has 40 heavy (non-hydrogen) atoms. The summed E-state index contributed by atoms with van der Waals surface area (Å²) in [7, 11) is -4.66. The van der Waals surface area contributed by atoms with Gasteiger partial charge in [-0.3, -0.25) is 4.79 Å². The third kappa shape index (κ3) is 8.52. The minimum Gasteiger partial charge on any atom is -0.479 e. The van der Waals surface area contributed by atoms with Crippen LogP contribution >= 0.6 is 0 Å². The Bertz CT molecular complexity index is 1030. The maximum absolute atomic E-state index is 13.1. The van der Waals surface area contributed by atoms with Crippen LogP contribution in [0.1, 0.15) is 68.2 Å². The molecule has 16 heteroatoms. The summed E-state index contributed by atoms with van der Waals surface area (Å²) in [6.07, 6.45) is 0.508. The number of nitrogens with two attached hydrogens (primary N) is 1. The van der Waals surface area contributed by atoms with Crippen molar-refractivity contribution >= 4 is 35.3 Å². The van der Waals surface area contributed by atoms with E-state index in [9.17, 15) is 27.9 Å². The van der Waals surface area contributed by atoms with E-state index in [1.54, 1.807) is 20.8 Å². The fraction of sp³-hybridized carbons (Fsp3) is 0.875. The molecule has 2 fully saturated rings. The molecule has 2 aliphatic heterocycles. The molecular formula is C24H46BN5O9S. The Balaban J connectivity index is 2.11. The van der Waals surface area contributed by atoms with Crippen LogP contribution in [0.25, 0.3) is 0 Å². The molecule has 2 aliphatic rings. The van der Waals surface area contributed by atoms with Gasteiger partial charge in [0.05, 0.1) is 17.2 Å². The number of carboxylic acid groups (broad SMARTS) is 1. The third-order valence-electron chi connectivity index (χ3n) is 7.40. The van der Waals surface area contributed by atoms with Crippen LogP contribution in [0.4, 0.5) is 4.79 Å². The molecule has 2 rings (SSSR count). The maximum atomic E-state index is 13.1. The standard InChI is InChI=1S/C24H46BN5O9S/c1-16(26)18(31)29-24(19(32)33)15-30(40(35,36)28-13-12-27-20(34)37-21(2,3)4)14-17(24)10-9-11-25-38-22(5,6)23(7,8)39-25/h16-17,28H,9-15,26H2,1-8H3,(H,27,34)(H,29,31)(H,32,33)/t16-,17-,24-/m0/s1. The van der Waals surface area contributed by atoms with Crippen molar-refractivity contribution in [1.82, 2.24) is 19.7 Å². The van der Waals surface area contributed by atoms with E-state index in [1.807, 2.05) is 27.7 Å². The smallest absolute Gasteiger partial charge is 0.457 e. The number of amides is 2. The highest BCUT2D eigenvalue weighted by atomic mass is 32.2. The first-order chi connectivity index (χ1) is 18.1. The lowest BCUT2D eigenvalue weighted by molar-refractivity contribution is -0.149. The Morgan fingerprint density at radius 3 is 2.23 bits per heavy atom. The van der Waals surface area contributed by atoms with Gasteiger partial charge in [0.15, 0.2) is 5.54 Å². The average molecular weight is 592 g/mol. The van der Waals surface area contributed by atoms with Gasteiger partial charge in [-0.05, 0) is 68.1 Å².